The maximum absolute atomic E-state index is 11.7. The zero-order valence-corrected chi connectivity index (χ0v) is 20.7. The minimum absolute atomic E-state index is 0.00483. The topological polar surface area (TPSA) is 118 Å². The number of fused-ring (bicyclic) bond motifs is 1. The van der Waals surface area contributed by atoms with E-state index in [1.165, 1.54) is 5.56 Å². The second-order valence-corrected chi connectivity index (χ2v) is 9.63. The summed E-state index contributed by atoms with van der Waals surface area (Å²) in [5.41, 5.74) is 12.1. The lowest BCUT2D eigenvalue weighted by atomic mass is 9.97. The molecule has 6 rings (SSSR count). The van der Waals surface area contributed by atoms with Gasteiger partial charge in [0.1, 0.15) is 23.1 Å². The maximum atomic E-state index is 11.7. The van der Waals surface area contributed by atoms with E-state index in [1.54, 1.807) is 35.3 Å². The van der Waals surface area contributed by atoms with Gasteiger partial charge >= 0.3 is 0 Å². The number of aromatic hydroxyl groups is 1. The van der Waals surface area contributed by atoms with Crippen LogP contribution < -0.4 is 5.73 Å². The summed E-state index contributed by atoms with van der Waals surface area (Å²) in [5.74, 6) is -0.521. The molecule has 190 valence electrons. The lowest BCUT2D eigenvalue weighted by Crippen LogP contribution is -2.21. The van der Waals surface area contributed by atoms with Gasteiger partial charge in [0.15, 0.2) is 5.75 Å². The van der Waals surface area contributed by atoms with Crippen LogP contribution in [0.1, 0.15) is 22.3 Å². The molecule has 38 heavy (non-hydrogen) atoms. The van der Waals surface area contributed by atoms with E-state index in [1.807, 2.05) is 42.5 Å². The molecule has 0 spiro atoms. The maximum Gasteiger partial charge on any atom is 0.248 e. The van der Waals surface area contributed by atoms with Crippen molar-refractivity contribution in [2.45, 2.75) is 19.1 Å². The van der Waals surface area contributed by atoms with Gasteiger partial charge in [-0.3, -0.25) is 14.3 Å². The number of carbonyl (C=O) groups is 1. The SMILES string of the molecule is NC(=O)c1cccc(-n2cnc3cnc(-c4ccc(-c5ccccc5CN5CCC(O)C5)cc4)c(O)c32)c1. The first-order valence-electron chi connectivity index (χ1n) is 12.5. The van der Waals surface area contributed by atoms with E-state index in [2.05, 4.69) is 27.0 Å². The quantitative estimate of drug-likeness (QED) is 0.320. The number of nitrogens with zero attached hydrogens (tertiary/aromatic N) is 4. The number of carbonyl (C=O) groups excluding carboxylic acids is 1. The third-order valence-corrected chi connectivity index (χ3v) is 7.10. The fraction of sp³-hybridized carbons (Fsp3) is 0.167. The number of β-amino-alcohol motifs (C(OH)–C–C–N with tert-alkyl or cyclic N) is 1. The Hall–Kier alpha value is -4.53. The largest absolute Gasteiger partial charge is 0.504 e. The molecule has 0 saturated carbocycles. The Morgan fingerprint density at radius 1 is 1.00 bits per heavy atom. The van der Waals surface area contributed by atoms with Crippen molar-refractivity contribution in [3.05, 3.63) is 96.4 Å². The first-order chi connectivity index (χ1) is 18.5. The van der Waals surface area contributed by atoms with Crippen LogP contribution >= 0.6 is 0 Å². The summed E-state index contributed by atoms with van der Waals surface area (Å²) in [6, 6.07) is 23.1. The summed E-state index contributed by atoms with van der Waals surface area (Å²) in [6.07, 6.45) is 3.79. The van der Waals surface area contributed by atoms with Gasteiger partial charge in [-0.15, -0.1) is 0 Å². The number of pyridine rings is 1. The Morgan fingerprint density at radius 2 is 1.79 bits per heavy atom. The van der Waals surface area contributed by atoms with Crippen LogP contribution in [0.15, 0.2) is 85.3 Å². The summed E-state index contributed by atoms with van der Waals surface area (Å²) in [5, 5.41) is 21.2. The molecule has 5 aromatic rings. The van der Waals surface area contributed by atoms with E-state index in [4.69, 9.17) is 5.73 Å². The zero-order valence-electron chi connectivity index (χ0n) is 20.7. The minimum Gasteiger partial charge on any atom is -0.504 e. The van der Waals surface area contributed by atoms with Gasteiger partial charge in [-0.05, 0) is 41.3 Å². The van der Waals surface area contributed by atoms with Gasteiger partial charge in [-0.25, -0.2) is 9.97 Å². The number of rotatable bonds is 6. The van der Waals surface area contributed by atoms with E-state index >= 15 is 0 Å². The third-order valence-electron chi connectivity index (χ3n) is 7.10. The Balaban J connectivity index is 1.34. The summed E-state index contributed by atoms with van der Waals surface area (Å²) < 4.78 is 1.72. The van der Waals surface area contributed by atoms with E-state index < -0.39 is 5.91 Å². The molecular weight excluding hydrogens is 478 g/mol. The number of nitrogens with two attached hydrogens (primary N) is 1. The molecule has 3 heterocycles. The van der Waals surface area contributed by atoms with Crippen LogP contribution in [0, 0.1) is 0 Å². The van der Waals surface area contributed by atoms with E-state index in [0.29, 0.717) is 34.5 Å². The summed E-state index contributed by atoms with van der Waals surface area (Å²) >= 11 is 0. The molecule has 1 aliphatic rings. The second kappa shape index (κ2) is 9.74. The lowest BCUT2D eigenvalue weighted by Gasteiger charge is -2.18. The molecule has 0 bridgehead atoms. The molecule has 3 aromatic carbocycles. The van der Waals surface area contributed by atoms with Gasteiger partial charge in [0.2, 0.25) is 5.91 Å². The molecule has 1 aliphatic heterocycles. The normalized spacial score (nSPS) is 15.8. The van der Waals surface area contributed by atoms with Gasteiger partial charge in [-0.1, -0.05) is 54.6 Å². The first-order valence-corrected chi connectivity index (χ1v) is 12.5. The van der Waals surface area contributed by atoms with Crippen LogP contribution in [-0.4, -0.2) is 54.7 Å². The average Bonchev–Trinajstić information content (AvgIpc) is 3.56. The van der Waals surface area contributed by atoms with Crippen LogP contribution in [0.4, 0.5) is 0 Å². The Labute approximate surface area is 219 Å². The minimum atomic E-state index is -0.525. The van der Waals surface area contributed by atoms with Crippen LogP contribution in [0.2, 0.25) is 0 Å². The summed E-state index contributed by atoms with van der Waals surface area (Å²) in [6.45, 7) is 2.38. The molecule has 1 unspecified atom stereocenters. The molecule has 1 amide bonds. The molecule has 8 nitrogen and oxygen atoms in total. The van der Waals surface area contributed by atoms with Crippen molar-refractivity contribution in [1.82, 2.24) is 19.4 Å². The third kappa shape index (κ3) is 4.40. The molecule has 1 saturated heterocycles. The number of amides is 1. The van der Waals surface area contributed by atoms with Crippen molar-refractivity contribution < 1.29 is 15.0 Å². The van der Waals surface area contributed by atoms with Crippen LogP contribution in [-0.2, 0) is 6.54 Å². The van der Waals surface area contributed by atoms with Crippen molar-refractivity contribution in [2.75, 3.05) is 13.1 Å². The number of hydrogen-bond acceptors (Lipinski definition) is 6. The van der Waals surface area contributed by atoms with Crippen LogP contribution in [0.3, 0.4) is 0 Å². The fourth-order valence-corrected chi connectivity index (χ4v) is 5.15. The molecule has 0 aliphatic carbocycles. The number of likely N-dealkylation sites (tertiary alicyclic amines) is 1. The summed E-state index contributed by atoms with van der Waals surface area (Å²) in [7, 11) is 0. The first kappa shape index (κ1) is 23.8. The Morgan fingerprint density at radius 3 is 2.55 bits per heavy atom. The second-order valence-electron chi connectivity index (χ2n) is 9.63. The standard InChI is InChI=1S/C30H27N5O3/c31-30(38)21-5-3-6-23(14-21)35-18-33-26-15-32-27(29(37)28(26)35)20-10-8-19(9-11-20)25-7-2-1-4-22(25)16-34-13-12-24(36)17-34/h1-11,14-15,18,24,36-37H,12-13,16-17H2,(H2,31,38). The van der Waals surface area contributed by atoms with Crippen molar-refractivity contribution in [3.63, 3.8) is 0 Å². The van der Waals surface area contributed by atoms with Gasteiger partial charge in [0.25, 0.3) is 0 Å². The highest BCUT2D eigenvalue weighted by Gasteiger charge is 2.21. The smallest absolute Gasteiger partial charge is 0.248 e. The number of aromatic nitrogens is 3. The van der Waals surface area contributed by atoms with Crippen LogP contribution in [0.25, 0.3) is 39.1 Å². The molecule has 2 aromatic heterocycles. The number of benzene rings is 3. The van der Waals surface area contributed by atoms with Gasteiger partial charge in [0.05, 0.1) is 12.3 Å². The molecule has 0 radical (unpaired) electrons. The highest BCUT2D eigenvalue weighted by Crippen LogP contribution is 2.36. The molecule has 1 fully saturated rings. The number of aliphatic hydroxyl groups is 1. The number of hydrogen-bond donors (Lipinski definition) is 3. The fourth-order valence-electron chi connectivity index (χ4n) is 5.15. The zero-order chi connectivity index (χ0) is 26.2. The van der Waals surface area contributed by atoms with E-state index in [-0.39, 0.29) is 11.9 Å². The molecule has 8 heteroatoms. The highest BCUT2D eigenvalue weighted by molar-refractivity contribution is 5.94. The van der Waals surface area contributed by atoms with E-state index in [0.717, 1.165) is 36.2 Å². The Bertz CT molecular complexity index is 1640. The van der Waals surface area contributed by atoms with Gasteiger partial charge in [0, 0.05) is 36.4 Å². The number of primary amides is 1. The average molecular weight is 506 g/mol. The predicted octanol–water partition coefficient (Wildman–Crippen LogP) is 4.13. The highest BCUT2D eigenvalue weighted by atomic mass is 16.3. The lowest BCUT2D eigenvalue weighted by molar-refractivity contribution is 0.1000. The molecular formula is C30H27N5O3. The van der Waals surface area contributed by atoms with Gasteiger partial charge < -0.3 is 15.9 Å². The van der Waals surface area contributed by atoms with E-state index in [9.17, 15) is 15.0 Å². The van der Waals surface area contributed by atoms with Crippen molar-refractivity contribution in [3.8, 4) is 33.8 Å². The predicted molar refractivity (Wildman–Crippen MR) is 146 cm³/mol. The monoisotopic (exact) mass is 505 g/mol. The Kier molecular flexibility index (Phi) is 6.11. The molecule has 4 N–H and O–H groups in total. The van der Waals surface area contributed by atoms with Gasteiger partial charge in [-0.2, -0.15) is 0 Å². The van der Waals surface area contributed by atoms with Crippen LogP contribution in [0.5, 0.6) is 5.75 Å². The number of aliphatic hydroxyl groups excluding tert-OH is 1. The van der Waals surface area contributed by atoms with Crippen molar-refractivity contribution in [2.24, 2.45) is 5.73 Å². The summed E-state index contributed by atoms with van der Waals surface area (Å²) in [4.78, 5) is 22.8. The van der Waals surface area contributed by atoms with Crippen molar-refractivity contribution >= 4 is 16.9 Å². The number of imidazole rings is 1. The molecule has 1 atom stereocenters. The van der Waals surface area contributed by atoms with Crippen molar-refractivity contribution in [1.29, 1.82) is 0 Å².